The molecule has 0 bridgehead atoms. The first-order chi connectivity index (χ1) is 20.7. The molecule has 2 aliphatic carbocycles. The molecule has 2 saturated carbocycles. The van der Waals surface area contributed by atoms with Crippen molar-refractivity contribution in [3.8, 4) is 0 Å². The fraction of sp³-hybridized carbons (Fsp3) is 0.903. The van der Waals surface area contributed by atoms with Crippen LogP contribution in [0.5, 0.6) is 0 Å². The number of rotatable bonds is 17. The number of hydrogen-bond acceptors (Lipinski definition) is 8. The lowest BCUT2D eigenvalue weighted by Gasteiger charge is -2.37. The van der Waals surface area contributed by atoms with Crippen LogP contribution in [0.15, 0.2) is 0 Å². The third-order valence-corrected chi connectivity index (χ3v) is 10.3. The molecule has 256 valence electrons. The van der Waals surface area contributed by atoms with Crippen molar-refractivity contribution < 1.29 is 33.0 Å². The van der Waals surface area contributed by atoms with Gasteiger partial charge in [-0.05, 0) is 76.0 Å². The molecule has 5 unspecified atom stereocenters. The first kappa shape index (κ1) is 38.4. The summed E-state index contributed by atoms with van der Waals surface area (Å²) in [4.78, 5) is 41.5. The number of nitrogens with one attached hydrogen (secondary N) is 2. The largest absolute Gasteiger partial charge is 0.393 e. The SMILES string of the molecule is CCCN(CCC)C(=O)C1CC(C(=O)NC(CC2CCC(O)CC2)C(O)CN(CC)NC(=O)CC(C)C)CC(S(N)(=O)=O)C1. The standard InChI is InChI=1S/C31H59N5O7S/c1-6-13-35(14-7-2)31(41)24-17-23(18-26(19-24)44(32,42)43)30(40)33-27(16-22-9-11-25(37)12-10-22)28(38)20-36(8-3)34-29(39)15-21(4)5/h21-28,37-38H,6-20H2,1-5H3,(H,33,40)(H,34,39)(H2,32,42,43). The molecule has 0 spiro atoms. The maximum absolute atomic E-state index is 13.8. The lowest BCUT2D eigenvalue weighted by atomic mass is 9.79. The van der Waals surface area contributed by atoms with Gasteiger partial charge >= 0.3 is 0 Å². The molecule has 12 nitrogen and oxygen atoms in total. The second-order valence-electron chi connectivity index (χ2n) is 13.4. The van der Waals surface area contributed by atoms with Crippen molar-refractivity contribution in [1.29, 1.82) is 0 Å². The molecule has 44 heavy (non-hydrogen) atoms. The number of carbonyl (C=O) groups is 3. The third kappa shape index (κ3) is 12.5. The maximum Gasteiger partial charge on any atom is 0.234 e. The van der Waals surface area contributed by atoms with Gasteiger partial charge in [-0.3, -0.25) is 19.8 Å². The van der Waals surface area contributed by atoms with Crippen LogP contribution in [0.2, 0.25) is 0 Å². The number of hydrazine groups is 1. The van der Waals surface area contributed by atoms with E-state index in [1.54, 1.807) is 9.91 Å². The summed E-state index contributed by atoms with van der Waals surface area (Å²) in [6, 6.07) is -0.667. The Morgan fingerprint density at radius 3 is 2.07 bits per heavy atom. The van der Waals surface area contributed by atoms with Gasteiger partial charge in [0.25, 0.3) is 0 Å². The summed E-state index contributed by atoms with van der Waals surface area (Å²) >= 11 is 0. The Morgan fingerprint density at radius 1 is 0.955 bits per heavy atom. The minimum absolute atomic E-state index is 0.0147. The van der Waals surface area contributed by atoms with Gasteiger partial charge in [0.1, 0.15) is 0 Å². The molecular weight excluding hydrogens is 586 g/mol. The molecule has 0 radical (unpaired) electrons. The second kappa shape index (κ2) is 18.4. The number of amides is 3. The molecule has 0 aliphatic heterocycles. The fourth-order valence-electron chi connectivity index (χ4n) is 6.63. The lowest BCUT2D eigenvalue weighted by Crippen LogP contribution is -2.55. The molecule has 5 atom stereocenters. The Morgan fingerprint density at radius 2 is 1.55 bits per heavy atom. The summed E-state index contributed by atoms with van der Waals surface area (Å²) in [5, 5.41) is 30.6. The summed E-state index contributed by atoms with van der Waals surface area (Å²) in [5.74, 6) is -1.75. The Hall–Kier alpha value is -1.80. The van der Waals surface area contributed by atoms with Crippen LogP contribution in [0.25, 0.3) is 0 Å². The second-order valence-corrected chi connectivity index (χ2v) is 15.2. The van der Waals surface area contributed by atoms with Crippen LogP contribution in [0.1, 0.15) is 105 Å². The van der Waals surface area contributed by atoms with Crippen LogP contribution in [0.3, 0.4) is 0 Å². The van der Waals surface area contributed by atoms with E-state index in [1.165, 1.54) is 0 Å². The van der Waals surface area contributed by atoms with Gasteiger partial charge < -0.3 is 20.4 Å². The van der Waals surface area contributed by atoms with Crippen LogP contribution in [-0.2, 0) is 24.4 Å². The summed E-state index contributed by atoms with van der Waals surface area (Å²) < 4.78 is 25.0. The lowest BCUT2D eigenvalue weighted by molar-refractivity contribution is -0.138. The average Bonchev–Trinajstić information content (AvgIpc) is 2.95. The van der Waals surface area contributed by atoms with Crippen LogP contribution in [0.4, 0.5) is 0 Å². The van der Waals surface area contributed by atoms with E-state index < -0.39 is 45.2 Å². The van der Waals surface area contributed by atoms with E-state index in [0.717, 1.165) is 25.7 Å². The summed E-state index contributed by atoms with van der Waals surface area (Å²) in [7, 11) is -3.99. The highest BCUT2D eigenvalue weighted by atomic mass is 32.2. The van der Waals surface area contributed by atoms with Crippen molar-refractivity contribution in [3.63, 3.8) is 0 Å². The molecular formula is C31H59N5O7S. The zero-order chi connectivity index (χ0) is 33.0. The predicted molar refractivity (Wildman–Crippen MR) is 170 cm³/mol. The Kier molecular flexibility index (Phi) is 16.0. The number of nitrogens with two attached hydrogens (primary N) is 1. The first-order valence-corrected chi connectivity index (χ1v) is 18.3. The molecule has 0 saturated heterocycles. The van der Waals surface area contributed by atoms with Crippen molar-refractivity contribution in [1.82, 2.24) is 20.7 Å². The van der Waals surface area contributed by atoms with Gasteiger partial charge in [-0.25, -0.2) is 18.6 Å². The van der Waals surface area contributed by atoms with E-state index in [0.29, 0.717) is 45.3 Å². The van der Waals surface area contributed by atoms with Crippen molar-refractivity contribution >= 4 is 27.7 Å². The van der Waals surface area contributed by atoms with E-state index in [2.05, 4.69) is 10.7 Å². The van der Waals surface area contributed by atoms with Crippen molar-refractivity contribution in [2.75, 3.05) is 26.2 Å². The van der Waals surface area contributed by atoms with Gasteiger partial charge in [0.2, 0.25) is 27.7 Å². The van der Waals surface area contributed by atoms with Crippen molar-refractivity contribution in [3.05, 3.63) is 0 Å². The van der Waals surface area contributed by atoms with E-state index >= 15 is 0 Å². The molecule has 0 aromatic rings. The molecule has 2 fully saturated rings. The smallest absolute Gasteiger partial charge is 0.234 e. The average molecular weight is 646 g/mol. The van der Waals surface area contributed by atoms with Crippen molar-refractivity contribution in [2.24, 2.45) is 28.8 Å². The number of carbonyl (C=O) groups excluding carboxylic acids is 3. The van der Waals surface area contributed by atoms with Crippen LogP contribution in [-0.4, -0.2) is 95.9 Å². The number of hydrogen-bond donors (Lipinski definition) is 5. The fourth-order valence-corrected chi connectivity index (χ4v) is 7.63. The van der Waals surface area contributed by atoms with Gasteiger partial charge in [-0.1, -0.05) is 34.6 Å². The summed E-state index contributed by atoms with van der Waals surface area (Å²) in [6.07, 6.45) is 4.15. The van der Waals surface area contributed by atoms with Crippen LogP contribution >= 0.6 is 0 Å². The molecule has 6 N–H and O–H groups in total. The highest BCUT2D eigenvalue weighted by Crippen LogP contribution is 2.35. The minimum Gasteiger partial charge on any atom is -0.393 e. The first-order valence-electron chi connectivity index (χ1n) is 16.7. The van der Waals surface area contributed by atoms with Gasteiger partial charge in [-0.15, -0.1) is 0 Å². The predicted octanol–water partition coefficient (Wildman–Crippen LogP) is 1.89. The monoisotopic (exact) mass is 645 g/mol. The molecule has 2 aliphatic rings. The third-order valence-electron chi connectivity index (χ3n) is 9.01. The van der Waals surface area contributed by atoms with Gasteiger partial charge in [-0.2, -0.15) is 0 Å². The normalized spacial score (nSPS) is 25.8. The van der Waals surface area contributed by atoms with Crippen LogP contribution in [0, 0.1) is 23.7 Å². The number of likely N-dealkylation sites (N-methyl/N-ethyl adjacent to an activating group) is 1. The van der Waals surface area contributed by atoms with E-state index in [-0.39, 0.29) is 55.6 Å². The molecule has 0 aromatic heterocycles. The zero-order valence-electron chi connectivity index (χ0n) is 27.5. The van der Waals surface area contributed by atoms with Crippen LogP contribution < -0.4 is 15.9 Å². The molecule has 3 amide bonds. The Balaban J connectivity index is 2.25. The van der Waals surface area contributed by atoms with Crippen molar-refractivity contribution in [2.45, 2.75) is 129 Å². The molecule has 0 aromatic carbocycles. The summed E-state index contributed by atoms with van der Waals surface area (Å²) in [5.41, 5.74) is 2.85. The van der Waals surface area contributed by atoms with Gasteiger partial charge in [0.05, 0.1) is 23.5 Å². The van der Waals surface area contributed by atoms with E-state index in [4.69, 9.17) is 5.14 Å². The Labute approximate surface area is 264 Å². The molecule has 13 heteroatoms. The number of sulfonamides is 1. The van der Waals surface area contributed by atoms with E-state index in [9.17, 15) is 33.0 Å². The van der Waals surface area contributed by atoms with Gasteiger partial charge in [0.15, 0.2) is 0 Å². The maximum atomic E-state index is 13.8. The highest BCUT2D eigenvalue weighted by Gasteiger charge is 2.42. The summed E-state index contributed by atoms with van der Waals surface area (Å²) in [6.45, 7) is 11.4. The van der Waals surface area contributed by atoms with E-state index in [1.807, 2.05) is 34.6 Å². The number of aliphatic hydroxyl groups excluding tert-OH is 2. The Bertz CT molecular complexity index is 1010. The topological polar surface area (TPSA) is 182 Å². The number of aliphatic hydroxyl groups is 2. The molecule has 0 heterocycles. The molecule has 2 rings (SSSR count). The number of primary sulfonamides is 1. The zero-order valence-corrected chi connectivity index (χ0v) is 28.4. The minimum atomic E-state index is -3.99. The quantitative estimate of drug-likeness (QED) is 0.149. The number of nitrogens with zero attached hydrogens (tertiary/aromatic N) is 2. The highest BCUT2D eigenvalue weighted by molar-refractivity contribution is 7.89. The van der Waals surface area contributed by atoms with Gasteiger partial charge in [0, 0.05) is 44.4 Å².